The number of hydrogen-bond donors (Lipinski definition) is 11. The number of fused-ring (bicyclic) bond motifs is 1. The summed E-state index contributed by atoms with van der Waals surface area (Å²) >= 11 is 0. The lowest BCUT2D eigenvalue weighted by Crippen LogP contribution is -2.61. The fourth-order valence-electron chi connectivity index (χ4n) is 11.9. The van der Waals surface area contributed by atoms with E-state index in [9.17, 15) is 53.4 Å². The summed E-state index contributed by atoms with van der Waals surface area (Å²) < 4.78 is 12.2. The highest BCUT2D eigenvalue weighted by atomic mass is 16.5. The summed E-state index contributed by atoms with van der Waals surface area (Å²) in [6.07, 6.45) is 2.04. The van der Waals surface area contributed by atoms with Gasteiger partial charge in [0.1, 0.15) is 60.7 Å². The van der Waals surface area contributed by atoms with Gasteiger partial charge in [-0.2, -0.15) is 0 Å². The summed E-state index contributed by atoms with van der Waals surface area (Å²) in [6, 6.07) is 20.5. The molecular weight excluding hydrogens is 1260 g/mol. The molecule has 6 aliphatic heterocycles. The highest BCUT2D eigenvalue weighted by Crippen LogP contribution is 2.29. The first-order valence-corrected chi connectivity index (χ1v) is 32.9. The zero-order valence-electron chi connectivity index (χ0n) is 56.3. The molecule has 2 unspecified atom stereocenters. The molecule has 522 valence electrons. The van der Waals surface area contributed by atoms with Crippen LogP contribution in [0.3, 0.4) is 0 Å². The predicted octanol–water partition coefficient (Wildman–Crippen LogP) is 2.62. The van der Waals surface area contributed by atoms with Crippen LogP contribution in [-0.2, 0) is 71.9 Å². The van der Waals surface area contributed by atoms with E-state index in [0.717, 1.165) is 10.8 Å². The summed E-state index contributed by atoms with van der Waals surface area (Å²) in [5, 5.41) is 48.0. The Kier molecular flexibility index (Phi) is 25.4. The molecule has 98 heavy (non-hydrogen) atoms. The Morgan fingerprint density at radius 1 is 0.602 bits per heavy atom. The molecule has 26 nitrogen and oxygen atoms in total. The number of carbonyl (C=O) groups is 11. The normalized spacial score (nSPS) is 23.3. The Morgan fingerprint density at radius 2 is 1.16 bits per heavy atom. The number of aliphatic carboxylic acids is 2. The third kappa shape index (κ3) is 19.4. The average Bonchev–Trinajstić information content (AvgIpc) is 1.61. The molecule has 0 radical (unpaired) electrons. The van der Waals surface area contributed by atoms with Gasteiger partial charge >= 0.3 is 11.9 Å². The molecule has 5 aromatic rings. The van der Waals surface area contributed by atoms with Crippen LogP contribution in [0, 0.1) is 5.41 Å². The van der Waals surface area contributed by atoms with Gasteiger partial charge in [0.25, 0.3) is 5.91 Å². The molecule has 11 rings (SSSR count). The van der Waals surface area contributed by atoms with Gasteiger partial charge in [0.15, 0.2) is 0 Å². The first-order chi connectivity index (χ1) is 46.7. The van der Waals surface area contributed by atoms with Gasteiger partial charge in [0.2, 0.25) is 47.3 Å². The predicted molar refractivity (Wildman–Crippen MR) is 363 cm³/mol. The monoisotopic (exact) mass is 1350 g/mol. The lowest BCUT2D eigenvalue weighted by Gasteiger charge is -2.36. The zero-order valence-corrected chi connectivity index (χ0v) is 56.3. The minimum Gasteiger partial charge on any atom is -0.490 e. The number of likely N-dealkylation sites (tertiary alicyclic amines) is 2. The highest BCUT2D eigenvalue weighted by Gasteiger charge is 2.47. The number of amides is 9. The lowest BCUT2D eigenvalue weighted by molar-refractivity contribution is -0.145. The lowest BCUT2D eigenvalue weighted by atomic mass is 9.85. The van der Waals surface area contributed by atoms with Crippen molar-refractivity contribution < 1.29 is 72.4 Å². The highest BCUT2D eigenvalue weighted by molar-refractivity contribution is 5.99. The quantitative estimate of drug-likeness (QED) is 0.0712. The minimum atomic E-state index is -1.58. The molecule has 6 heterocycles. The van der Waals surface area contributed by atoms with Crippen molar-refractivity contribution in [2.24, 2.45) is 5.41 Å². The number of ether oxygens (including phenoxy) is 2. The first kappa shape index (κ1) is 73.8. The van der Waals surface area contributed by atoms with Crippen molar-refractivity contribution in [2.75, 3.05) is 40.4 Å². The number of carboxylic acid groups (broad SMARTS) is 2. The van der Waals surface area contributed by atoms with Gasteiger partial charge in [0.05, 0.1) is 24.8 Å². The van der Waals surface area contributed by atoms with Crippen LogP contribution in [-0.4, -0.2) is 192 Å². The second-order valence-corrected chi connectivity index (χ2v) is 26.0. The van der Waals surface area contributed by atoms with Crippen molar-refractivity contribution >= 4 is 75.9 Å². The number of benzene rings is 5. The minimum absolute atomic E-state index is 0.0163. The second-order valence-electron chi connectivity index (χ2n) is 26.0. The van der Waals surface area contributed by atoms with Crippen LogP contribution in [0.4, 0.5) is 0 Å². The molecule has 5 aromatic carbocycles. The summed E-state index contributed by atoms with van der Waals surface area (Å²) in [4.78, 5) is 158. The molecule has 8 bridgehead atoms. The van der Waals surface area contributed by atoms with E-state index < -0.39 is 143 Å². The SMILES string of the molecule is CC[C@H](NC(=O)[C@H](C)NC)C(=O)N1CC2CC1C(=O)N[C@@H](c1ccccc1)C(=O)N[C@H](C(=O)O)Cc1ccc(cc1)C(=O)N[C@H]1C[C@@H](C(=O)N[C@@H](Cc3ccc4ccccc4c3)C(=O)N[C@H](C(=O)O)Cc3ccc(cc3)OC/C=C/CO2)N(C(=O)[C@@H](NC(=O)[C@H](C)NC)C(C)(C)C)C1. The fraction of sp³-hybridized carbons (Fsp3) is 0.431. The van der Waals surface area contributed by atoms with Crippen LogP contribution >= 0.6 is 0 Å². The van der Waals surface area contributed by atoms with E-state index in [4.69, 9.17) is 9.47 Å². The Labute approximate surface area is 569 Å². The van der Waals surface area contributed by atoms with Crippen molar-refractivity contribution in [2.45, 2.75) is 153 Å². The number of likely N-dealkylation sites (N-methyl/N-ethyl adjacent to an activating group) is 2. The van der Waals surface area contributed by atoms with E-state index in [1.165, 1.54) is 34.1 Å². The average molecular weight is 1350 g/mol. The summed E-state index contributed by atoms with van der Waals surface area (Å²) in [6.45, 7) is 9.96. The number of carbonyl (C=O) groups excluding carboxylic acids is 9. The molecule has 0 saturated carbocycles. The van der Waals surface area contributed by atoms with E-state index in [2.05, 4.69) is 47.9 Å². The Morgan fingerprint density at radius 3 is 1.78 bits per heavy atom. The smallest absolute Gasteiger partial charge is 0.326 e. The van der Waals surface area contributed by atoms with Crippen LogP contribution in [0.2, 0.25) is 0 Å². The van der Waals surface area contributed by atoms with Crippen molar-refractivity contribution in [3.63, 3.8) is 0 Å². The van der Waals surface area contributed by atoms with Crippen LogP contribution in [0.15, 0.2) is 133 Å². The Bertz CT molecular complexity index is 3730. The molecule has 0 spiro atoms. The van der Waals surface area contributed by atoms with Gasteiger partial charge in [-0.25, -0.2) is 9.59 Å². The van der Waals surface area contributed by atoms with Crippen LogP contribution in [0.1, 0.15) is 99.5 Å². The van der Waals surface area contributed by atoms with Crippen LogP contribution in [0.5, 0.6) is 5.75 Å². The molecule has 9 amide bonds. The van der Waals surface area contributed by atoms with E-state index in [0.29, 0.717) is 28.0 Å². The number of nitrogens with one attached hydrogen (secondary N) is 9. The summed E-state index contributed by atoms with van der Waals surface area (Å²) in [5.74, 6) is -8.47. The number of carboxylic acids is 2. The van der Waals surface area contributed by atoms with Crippen molar-refractivity contribution in [3.8, 4) is 5.75 Å². The molecule has 26 heteroatoms. The fourth-order valence-corrected chi connectivity index (χ4v) is 11.9. The van der Waals surface area contributed by atoms with Gasteiger partial charge in [-0.1, -0.05) is 131 Å². The molecule has 2 saturated heterocycles. The van der Waals surface area contributed by atoms with Gasteiger partial charge in [-0.3, -0.25) is 43.2 Å². The van der Waals surface area contributed by atoms with E-state index in [1.807, 2.05) is 36.4 Å². The van der Waals surface area contributed by atoms with Crippen LogP contribution < -0.4 is 52.6 Å². The molecule has 0 aromatic heterocycles. The maximum atomic E-state index is 15.1. The topological polar surface area (TPSA) is 361 Å². The molecule has 2 fully saturated rings. The van der Waals surface area contributed by atoms with Gasteiger partial charge < -0.3 is 77.3 Å². The van der Waals surface area contributed by atoms with Gasteiger partial charge in [-0.15, -0.1) is 0 Å². The van der Waals surface area contributed by atoms with Crippen molar-refractivity contribution in [3.05, 3.63) is 161 Å². The number of nitrogens with zero attached hydrogens (tertiary/aromatic N) is 2. The standard InChI is InChI=1S/C72H89N11O15/c1-9-53(76-61(84)41(2)73-7)68(91)83-40-52-38-58(83)66(89)80-59(47-18-11-10-12-19-47)67(90)79-56(71(95)96)34-43-21-27-48(28-22-43)63(86)75-50-37-57(82(39-50)69(92)60(72(4,5)6)81-62(85)42(3)74-8)65(88)77-54(36-45-23-26-46-17-13-14-20-49(46)33-45)64(87)78-55(70(93)94)35-44-24-29-51(30-25-44)97-31-15-16-32-98-52/h10-30,33,41-42,50,52-60,73-74H,9,31-32,34-40H2,1-8H3,(H,75,86)(H,76,84)(H,77,88)(H,78,87)(H,79,90)(H,80,89)(H,81,85)(H,93,94)(H,95,96)/b16-15+/t41-,42-,50-,52?,53-,54-,55-,56-,57-,58?,59-,60+/m0/s1. The molecule has 6 aliphatic rings. The third-order valence-electron chi connectivity index (χ3n) is 17.9. The number of hydrogen-bond acceptors (Lipinski definition) is 15. The van der Waals surface area contributed by atoms with E-state index in [1.54, 1.807) is 128 Å². The van der Waals surface area contributed by atoms with Crippen LogP contribution in [0.25, 0.3) is 10.8 Å². The van der Waals surface area contributed by atoms with Gasteiger partial charge in [-0.05, 0) is 110 Å². The first-order valence-electron chi connectivity index (χ1n) is 32.9. The molecular formula is C72H89N11O15. The Hall–Kier alpha value is -10.0. The Balaban J connectivity index is 1.12. The van der Waals surface area contributed by atoms with E-state index >= 15 is 9.59 Å². The van der Waals surface area contributed by atoms with E-state index in [-0.39, 0.29) is 70.4 Å². The number of rotatable bonds is 14. The molecule has 12 atom stereocenters. The van der Waals surface area contributed by atoms with Crippen molar-refractivity contribution in [1.29, 1.82) is 0 Å². The molecule has 0 aliphatic carbocycles. The largest absolute Gasteiger partial charge is 0.490 e. The second kappa shape index (κ2) is 33.8. The maximum Gasteiger partial charge on any atom is 0.326 e. The van der Waals surface area contributed by atoms with Crippen molar-refractivity contribution in [1.82, 2.24) is 57.7 Å². The third-order valence-corrected chi connectivity index (χ3v) is 17.9. The maximum absolute atomic E-state index is 15.1. The van der Waals surface area contributed by atoms with Gasteiger partial charge in [0, 0.05) is 50.4 Å². The summed E-state index contributed by atoms with van der Waals surface area (Å²) in [5.41, 5.74) is 0.967. The molecule has 11 N–H and O–H groups in total. The summed E-state index contributed by atoms with van der Waals surface area (Å²) in [7, 11) is 3.18. The zero-order chi connectivity index (χ0) is 71.0.